The Morgan fingerprint density at radius 3 is 2.48 bits per heavy atom. The highest BCUT2D eigenvalue weighted by atomic mass is 16.4. The van der Waals surface area contributed by atoms with Crippen LogP contribution in [0.2, 0.25) is 0 Å². The van der Waals surface area contributed by atoms with Gasteiger partial charge in [0, 0.05) is 23.5 Å². The third-order valence-corrected chi connectivity index (χ3v) is 5.14. The van der Waals surface area contributed by atoms with E-state index in [0.717, 1.165) is 16.5 Å². The molecule has 168 valence electrons. The van der Waals surface area contributed by atoms with Crippen LogP contribution in [0.1, 0.15) is 25.8 Å². The van der Waals surface area contributed by atoms with Crippen molar-refractivity contribution in [3.05, 3.63) is 36.0 Å². The molecule has 0 spiro atoms. The van der Waals surface area contributed by atoms with Gasteiger partial charge in [-0.1, -0.05) is 38.5 Å². The van der Waals surface area contributed by atoms with E-state index in [0.29, 0.717) is 6.42 Å². The molecule has 7 N–H and O–H groups in total. The van der Waals surface area contributed by atoms with Gasteiger partial charge in [-0.3, -0.25) is 19.2 Å². The van der Waals surface area contributed by atoms with Crippen LogP contribution in [0.4, 0.5) is 0 Å². The number of hydrogen-bond donors (Lipinski definition) is 6. The molecule has 3 atom stereocenters. The van der Waals surface area contributed by atoms with Crippen molar-refractivity contribution in [1.82, 2.24) is 20.9 Å². The topological polar surface area (TPSA) is 166 Å². The summed E-state index contributed by atoms with van der Waals surface area (Å²) in [5.41, 5.74) is 7.02. The van der Waals surface area contributed by atoms with E-state index < -0.39 is 42.3 Å². The number of aliphatic carboxylic acids is 1. The lowest BCUT2D eigenvalue weighted by Gasteiger charge is -2.26. The summed E-state index contributed by atoms with van der Waals surface area (Å²) >= 11 is 0. The summed E-state index contributed by atoms with van der Waals surface area (Å²) in [7, 11) is 0. The van der Waals surface area contributed by atoms with E-state index in [1.54, 1.807) is 13.1 Å². The molecule has 0 aliphatic carbocycles. The van der Waals surface area contributed by atoms with Crippen molar-refractivity contribution in [2.75, 3.05) is 13.1 Å². The summed E-state index contributed by atoms with van der Waals surface area (Å²) in [6.45, 7) is 2.85. The number of H-pyrrole nitrogens is 1. The fourth-order valence-corrected chi connectivity index (χ4v) is 3.21. The van der Waals surface area contributed by atoms with Crippen molar-refractivity contribution in [2.45, 2.75) is 38.8 Å². The number of carbonyl (C=O) groups excluding carboxylic acids is 3. The van der Waals surface area contributed by atoms with Crippen LogP contribution in [-0.4, -0.2) is 59.0 Å². The van der Waals surface area contributed by atoms with E-state index in [1.165, 1.54) is 0 Å². The number of hydrogen-bond acceptors (Lipinski definition) is 5. The van der Waals surface area contributed by atoms with Gasteiger partial charge < -0.3 is 31.8 Å². The fourth-order valence-electron chi connectivity index (χ4n) is 3.21. The van der Waals surface area contributed by atoms with Crippen LogP contribution >= 0.6 is 0 Å². The summed E-state index contributed by atoms with van der Waals surface area (Å²) in [5, 5.41) is 17.3. The monoisotopic (exact) mass is 431 g/mol. The number of fused-ring (bicyclic) bond motifs is 1. The van der Waals surface area contributed by atoms with Crippen LogP contribution in [0.15, 0.2) is 30.5 Å². The van der Waals surface area contributed by atoms with Gasteiger partial charge >= 0.3 is 5.97 Å². The van der Waals surface area contributed by atoms with Crippen LogP contribution in [-0.2, 0) is 25.6 Å². The molecule has 10 heteroatoms. The minimum atomic E-state index is -1.20. The number of aromatic nitrogens is 1. The third kappa shape index (κ3) is 6.54. The van der Waals surface area contributed by atoms with Crippen molar-refractivity contribution in [3.8, 4) is 0 Å². The zero-order valence-corrected chi connectivity index (χ0v) is 17.6. The molecule has 31 heavy (non-hydrogen) atoms. The van der Waals surface area contributed by atoms with Gasteiger partial charge in [0.25, 0.3) is 0 Å². The second-order valence-electron chi connectivity index (χ2n) is 7.37. The second-order valence-corrected chi connectivity index (χ2v) is 7.37. The first-order valence-electron chi connectivity index (χ1n) is 10.1. The maximum atomic E-state index is 13.0. The first-order chi connectivity index (χ1) is 14.8. The first kappa shape index (κ1) is 23.9. The van der Waals surface area contributed by atoms with Gasteiger partial charge in [-0.2, -0.15) is 0 Å². The van der Waals surface area contributed by atoms with Gasteiger partial charge in [0.2, 0.25) is 17.7 Å². The molecule has 0 radical (unpaired) electrons. The minimum Gasteiger partial charge on any atom is -0.480 e. The molecule has 2 aromatic rings. The molecule has 2 rings (SSSR count). The lowest BCUT2D eigenvalue weighted by molar-refractivity contribution is -0.138. The fraction of sp³-hybridized carbons (Fsp3) is 0.429. The minimum absolute atomic E-state index is 0.138. The highest BCUT2D eigenvalue weighted by Gasteiger charge is 2.30. The number of aromatic amines is 1. The molecule has 1 heterocycles. The first-order valence-corrected chi connectivity index (χ1v) is 10.1. The molecule has 3 amide bonds. The predicted octanol–water partition coefficient (Wildman–Crippen LogP) is -0.114. The number of amides is 3. The van der Waals surface area contributed by atoms with E-state index in [-0.39, 0.29) is 18.9 Å². The Balaban J connectivity index is 2.26. The smallest absolute Gasteiger partial charge is 0.322 e. The molecule has 0 saturated heterocycles. The summed E-state index contributed by atoms with van der Waals surface area (Å²) in [4.78, 5) is 51.4. The lowest BCUT2D eigenvalue weighted by atomic mass is 9.97. The maximum absolute atomic E-state index is 13.0. The summed E-state index contributed by atoms with van der Waals surface area (Å²) < 4.78 is 0. The molecule has 0 aliphatic heterocycles. The molecule has 0 saturated carbocycles. The number of benzene rings is 1. The predicted molar refractivity (Wildman–Crippen MR) is 115 cm³/mol. The molecule has 1 aromatic heterocycles. The standard InChI is InChI=1S/C21H29N5O5/c1-3-12(2)19(26-17(27)9-22)21(31)25-16(20(30)24-11-18(28)29)8-13-10-23-15-7-5-4-6-14(13)15/h4-7,10,12,16,19,23H,3,8-9,11,22H2,1-2H3,(H,24,30)(H,25,31)(H,26,27)(H,28,29). The zero-order valence-electron chi connectivity index (χ0n) is 17.6. The van der Waals surface area contributed by atoms with Gasteiger partial charge in [0.1, 0.15) is 18.6 Å². The molecule has 0 aliphatic rings. The van der Waals surface area contributed by atoms with Gasteiger partial charge in [-0.25, -0.2) is 0 Å². The Labute approximate surface area is 179 Å². The molecule has 3 unspecified atom stereocenters. The van der Waals surface area contributed by atoms with Crippen molar-refractivity contribution in [3.63, 3.8) is 0 Å². The van der Waals surface area contributed by atoms with Gasteiger partial charge in [0.15, 0.2) is 0 Å². The quantitative estimate of drug-likeness (QED) is 0.290. The number of para-hydroxylation sites is 1. The largest absolute Gasteiger partial charge is 0.480 e. The van der Waals surface area contributed by atoms with Crippen LogP contribution < -0.4 is 21.7 Å². The highest BCUT2D eigenvalue weighted by molar-refractivity contribution is 5.94. The summed E-state index contributed by atoms with van der Waals surface area (Å²) in [6.07, 6.45) is 2.50. The Morgan fingerprint density at radius 1 is 1.13 bits per heavy atom. The number of carboxylic acid groups (broad SMARTS) is 1. The Morgan fingerprint density at radius 2 is 1.84 bits per heavy atom. The lowest BCUT2D eigenvalue weighted by Crippen LogP contribution is -2.57. The second kappa shape index (κ2) is 11.1. The average molecular weight is 431 g/mol. The molecule has 1 aromatic carbocycles. The van der Waals surface area contributed by atoms with E-state index in [2.05, 4.69) is 20.9 Å². The van der Waals surface area contributed by atoms with Crippen LogP contribution in [0.25, 0.3) is 10.9 Å². The maximum Gasteiger partial charge on any atom is 0.322 e. The SMILES string of the molecule is CCC(C)C(NC(=O)CN)C(=O)NC(Cc1c[nH]c2ccccc12)C(=O)NCC(=O)O. The summed E-state index contributed by atoms with van der Waals surface area (Å²) in [6, 6.07) is 5.60. The Bertz CT molecular complexity index is 941. The van der Waals surface area contributed by atoms with E-state index in [4.69, 9.17) is 10.8 Å². The van der Waals surface area contributed by atoms with Gasteiger partial charge in [-0.15, -0.1) is 0 Å². The average Bonchev–Trinajstić information content (AvgIpc) is 3.17. The summed E-state index contributed by atoms with van der Waals surface area (Å²) in [5.74, 6) is -3.05. The van der Waals surface area contributed by atoms with E-state index >= 15 is 0 Å². The van der Waals surface area contributed by atoms with Crippen LogP contribution in [0, 0.1) is 5.92 Å². The van der Waals surface area contributed by atoms with Gasteiger partial charge in [0.05, 0.1) is 6.54 Å². The highest BCUT2D eigenvalue weighted by Crippen LogP contribution is 2.19. The van der Waals surface area contributed by atoms with E-state index in [9.17, 15) is 19.2 Å². The Kier molecular flexibility index (Phi) is 8.56. The number of carboxylic acids is 1. The van der Waals surface area contributed by atoms with E-state index in [1.807, 2.05) is 31.2 Å². The number of nitrogens with one attached hydrogen (secondary N) is 4. The normalized spacial score (nSPS) is 13.8. The molecular formula is C21H29N5O5. The third-order valence-electron chi connectivity index (χ3n) is 5.14. The van der Waals surface area contributed by atoms with Gasteiger partial charge in [-0.05, 0) is 17.5 Å². The number of rotatable bonds is 11. The Hall–Kier alpha value is -3.40. The van der Waals surface area contributed by atoms with Crippen molar-refractivity contribution >= 4 is 34.6 Å². The number of carbonyl (C=O) groups is 4. The molecule has 10 nitrogen and oxygen atoms in total. The molecule has 0 bridgehead atoms. The van der Waals surface area contributed by atoms with Crippen molar-refractivity contribution < 1.29 is 24.3 Å². The van der Waals surface area contributed by atoms with Crippen LogP contribution in [0.3, 0.4) is 0 Å². The van der Waals surface area contributed by atoms with Crippen molar-refractivity contribution in [1.29, 1.82) is 0 Å². The van der Waals surface area contributed by atoms with Crippen molar-refractivity contribution in [2.24, 2.45) is 11.7 Å². The zero-order chi connectivity index (χ0) is 23.0. The molecular weight excluding hydrogens is 402 g/mol. The van der Waals surface area contributed by atoms with Crippen LogP contribution in [0.5, 0.6) is 0 Å². The number of nitrogens with two attached hydrogens (primary N) is 1. The molecule has 0 fully saturated rings.